The molecule has 0 saturated heterocycles. The first-order valence-electron chi connectivity index (χ1n) is 23.1. The highest BCUT2D eigenvalue weighted by Crippen LogP contribution is 2.77. The SMILES string of the molecule is C1CC2CCC12.CC(C)C(C)(C)C(C)(C)C(C)(C)C(C)(C)C(C)(C)C(C)(C)C(C)(C)C(C)(C)C(C)(C)C(C)(C)C(C)(C)C(C)(C)C(C)(C)C(C)(C)C(C)C. The molecule has 0 aromatic rings. The molecule has 2 rings (SSSR count). The Kier molecular flexibility index (Phi) is 13.8. The number of hydrogen-bond acceptors (Lipinski definition) is 0. The van der Waals surface area contributed by atoms with E-state index in [1.54, 1.807) is 25.7 Å². The molecule has 2 aliphatic carbocycles. The second-order valence-corrected chi connectivity index (χ2v) is 27.9. The van der Waals surface area contributed by atoms with Gasteiger partial charge in [0.05, 0.1) is 0 Å². The van der Waals surface area contributed by atoms with Crippen molar-refractivity contribution in [2.75, 3.05) is 0 Å². The lowest BCUT2D eigenvalue weighted by atomic mass is 9.31. The van der Waals surface area contributed by atoms with Crippen molar-refractivity contribution >= 4 is 0 Å². The van der Waals surface area contributed by atoms with Crippen LogP contribution in [0, 0.1) is 99.5 Å². The van der Waals surface area contributed by atoms with Crippen LogP contribution in [-0.4, -0.2) is 0 Å². The molecule has 54 heavy (non-hydrogen) atoms. The lowest BCUT2D eigenvalue weighted by Gasteiger charge is -2.74. The van der Waals surface area contributed by atoms with Crippen LogP contribution in [0.2, 0.25) is 0 Å². The first-order chi connectivity index (χ1) is 23.1. The highest BCUT2D eigenvalue weighted by molar-refractivity contribution is 5.18. The summed E-state index contributed by atoms with van der Waals surface area (Å²) < 4.78 is 0. The van der Waals surface area contributed by atoms with E-state index in [-0.39, 0.29) is 75.8 Å². The van der Waals surface area contributed by atoms with Gasteiger partial charge in [0.2, 0.25) is 0 Å². The monoisotopic (exact) mass is 757 g/mol. The minimum absolute atomic E-state index is 0.00572. The summed E-state index contributed by atoms with van der Waals surface area (Å²) in [5.74, 6) is 3.62. The number of rotatable bonds is 15. The van der Waals surface area contributed by atoms with Crippen molar-refractivity contribution in [3.63, 3.8) is 0 Å². The maximum atomic E-state index is 2.63. The van der Waals surface area contributed by atoms with Gasteiger partial charge in [-0.15, -0.1) is 0 Å². The van der Waals surface area contributed by atoms with Crippen LogP contribution in [0.3, 0.4) is 0 Å². The second kappa shape index (κ2) is 14.3. The molecule has 0 radical (unpaired) electrons. The zero-order valence-electron chi connectivity index (χ0n) is 44.1. The molecule has 0 atom stereocenters. The Morgan fingerprint density at radius 2 is 0.333 bits per heavy atom. The highest BCUT2D eigenvalue weighted by Gasteiger charge is 2.70. The van der Waals surface area contributed by atoms with Gasteiger partial charge in [-0.1, -0.05) is 222 Å². The van der Waals surface area contributed by atoms with E-state index >= 15 is 0 Å². The molecular formula is C54H108. The maximum Gasteiger partial charge on any atom is -0.0241 e. The van der Waals surface area contributed by atoms with E-state index in [2.05, 4.69) is 222 Å². The lowest BCUT2D eigenvalue weighted by molar-refractivity contribution is -0.256. The fourth-order valence-electron chi connectivity index (χ4n) is 12.4. The van der Waals surface area contributed by atoms with E-state index in [1.165, 1.54) is 11.8 Å². The average molecular weight is 757 g/mol. The van der Waals surface area contributed by atoms with Crippen molar-refractivity contribution in [3.8, 4) is 0 Å². The predicted molar refractivity (Wildman–Crippen MR) is 248 cm³/mol. The van der Waals surface area contributed by atoms with Crippen molar-refractivity contribution in [3.05, 3.63) is 0 Å². The molecule has 2 saturated carbocycles. The van der Waals surface area contributed by atoms with Gasteiger partial charge in [-0.25, -0.2) is 0 Å². The zero-order chi connectivity index (χ0) is 44.1. The van der Waals surface area contributed by atoms with Crippen molar-refractivity contribution in [1.82, 2.24) is 0 Å². The third kappa shape index (κ3) is 6.61. The molecule has 0 spiro atoms. The molecule has 0 aliphatic heterocycles. The van der Waals surface area contributed by atoms with Crippen LogP contribution in [0.5, 0.6) is 0 Å². The summed E-state index contributed by atoms with van der Waals surface area (Å²) in [5, 5.41) is 0. The average Bonchev–Trinajstić information content (AvgIpc) is 2.97. The molecule has 0 amide bonds. The van der Waals surface area contributed by atoms with Crippen LogP contribution in [0.15, 0.2) is 0 Å². The summed E-state index contributed by atoms with van der Waals surface area (Å²) in [6.07, 6.45) is 6.24. The van der Waals surface area contributed by atoms with Gasteiger partial charge in [0.1, 0.15) is 0 Å². The number of fused-ring (bicyclic) bond motifs is 1. The molecule has 0 heteroatoms. The third-order valence-corrected chi connectivity index (χ3v) is 25.8. The highest BCUT2D eigenvalue weighted by atomic mass is 14.7. The molecule has 2 fully saturated rings. The fraction of sp³-hybridized carbons (Fsp3) is 1.00. The van der Waals surface area contributed by atoms with Gasteiger partial charge in [0.25, 0.3) is 0 Å². The van der Waals surface area contributed by atoms with Gasteiger partial charge in [-0.2, -0.15) is 0 Å². The first-order valence-corrected chi connectivity index (χ1v) is 23.1. The van der Waals surface area contributed by atoms with Gasteiger partial charge >= 0.3 is 0 Å². The summed E-state index contributed by atoms with van der Waals surface area (Å²) in [6, 6.07) is 0. The molecule has 0 aromatic heterocycles. The van der Waals surface area contributed by atoms with Crippen LogP contribution in [0.4, 0.5) is 0 Å². The van der Waals surface area contributed by atoms with E-state index in [9.17, 15) is 0 Å². The summed E-state index contributed by atoms with van der Waals surface area (Å²) >= 11 is 0. The molecule has 0 heterocycles. The minimum atomic E-state index is -0.0116. The van der Waals surface area contributed by atoms with Gasteiger partial charge in [-0.05, 0) is 125 Å². The van der Waals surface area contributed by atoms with Crippen LogP contribution in [-0.2, 0) is 0 Å². The minimum Gasteiger partial charge on any atom is -0.0622 e. The Bertz CT molecular complexity index is 1160. The summed E-state index contributed by atoms with van der Waals surface area (Å²) in [7, 11) is 0. The Morgan fingerprint density at radius 1 is 0.222 bits per heavy atom. The predicted octanol–water partition coefficient (Wildman–Crippen LogP) is 18.5. The van der Waals surface area contributed by atoms with Crippen LogP contribution in [0.1, 0.15) is 247 Å². The summed E-state index contributed by atoms with van der Waals surface area (Å²) in [6.45, 7) is 82.2. The normalized spacial score (nSPS) is 21.0. The third-order valence-electron chi connectivity index (χ3n) is 25.8. The molecule has 0 aromatic carbocycles. The van der Waals surface area contributed by atoms with Crippen molar-refractivity contribution < 1.29 is 0 Å². The van der Waals surface area contributed by atoms with E-state index in [0.717, 1.165) is 0 Å². The molecule has 2 aliphatic rings. The van der Waals surface area contributed by atoms with Crippen molar-refractivity contribution in [1.29, 1.82) is 0 Å². The fourth-order valence-corrected chi connectivity index (χ4v) is 12.4. The Morgan fingerprint density at radius 3 is 0.407 bits per heavy atom. The molecule has 0 N–H and O–H groups in total. The standard InChI is InChI=1S/C48H98.C6H10/c1-33(2)35(5,6)37(9,10)39(13,14)41(17,18)43(21,22)45(25,26)47(29,30)48(31,32)46(27,28)44(23,24)42(19,20)40(15,16)38(11,12)36(7,8)34(3)4;1-2-6-4-3-5(1)6/h33-34H,1-32H3;5-6H,1-4H2. The topological polar surface area (TPSA) is 0 Å². The quantitative estimate of drug-likeness (QED) is 0.156. The van der Waals surface area contributed by atoms with Crippen LogP contribution >= 0.6 is 0 Å². The van der Waals surface area contributed by atoms with Crippen LogP contribution in [0.25, 0.3) is 0 Å². The summed E-state index contributed by atoms with van der Waals surface area (Å²) in [5.41, 5.74) is 0.744. The molecule has 324 valence electrons. The van der Waals surface area contributed by atoms with Gasteiger partial charge in [-0.3, -0.25) is 0 Å². The van der Waals surface area contributed by atoms with E-state index in [0.29, 0.717) is 11.8 Å². The van der Waals surface area contributed by atoms with Gasteiger partial charge in [0, 0.05) is 0 Å². The Labute approximate surface area is 345 Å². The van der Waals surface area contributed by atoms with Gasteiger partial charge in [0.15, 0.2) is 0 Å². The maximum absolute atomic E-state index is 2.63. The van der Waals surface area contributed by atoms with E-state index < -0.39 is 0 Å². The Balaban J connectivity index is 0.00000215. The summed E-state index contributed by atoms with van der Waals surface area (Å²) in [4.78, 5) is 0. The first kappa shape index (κ1) is 52.0. The molecule has 0 nitrogen and oxygen atoms in total. The molecular weight excluding hydrogens is 649 g/mol. The van der Waals surface area contributed by atoms with Gasteiger partial charge < -0.3 is 0 Å². The smallest absolute Gasteiger partial charge is 0.0241 e. The zero-order valence-corrected chi connectivity index (χ0v) is 44.1. The van der Waals surface area contributed by atoms with Crippen LogP contribution < -0.4 is 0 Å². The molecule has 0 unspecified atom stereocenters. The van der Waals surface area contributed by atoms with Crippen molar-refractivity contribution in [2.45, 2.75) is 247 Å². The van der Waals surface area contributed by atoms with E-state index in [4.69, 9.17) is 0 Å². The second-order valence-electron chi connectivity index (χ2n) is 27.9. The number of hydrogen-bond donors (Lipinski definition) is 0. The van der Waals surface area contributed by atoms with E-state index in [1.807, 2.05) is 0 Å². The Hall–Kier alpha value is 0. The molecule has 0 bridgehead atoms. The lowest BCUT2D eigenvalue weighted by Crippen LogP contribution is -2.67. The van der Waals surface area contributed by atoms with Crippen molar-refractivity contribution in [2.24, 2.45) is 99.5 Å². The largest absolute Gasteiger partial charge is 0.0622 e.